The predicted molar refractivity (Wildman–Crippen MR) is 128 cm³/mol. The van der Waals surface area contributed by atoms with Crippen molar-refractivity contribution in [3.63, 3.8) is 0 Å². The van der Waals surface area contributed by atoms with Gasteiger partial charge < -0.3 is 15.0 Å². The first-order valence-corrected chi connectivity index (χ1v) is 12.5. The van der Waals surface area contributed by atoms with Crippen molar-refractivity contribution in [2.24, 2.45) is 0 Å². The Morgan fingerprint density at radius 3 is 2.44 bits per heavy atom. The van der Waals surface area contributed by atoms with Crippen LogP contribution in [0.3, 0.4) is 0 Å². The number of amides is 1. The van der Waals surface area contributed by atoms with Gasteiger partial charge in [-0.3, -0.25) is 4.79 Å². The fourth-order valence-corrected chi connectivity index (χ4v) is 5.28. The summed E-state index contributed by atoms with van der Waals surface area (Å²) in [6, 6.07) is 13.5. The lowest BCUT2D eigenvalue weighted by atomic mass is 10.2. The number of piperazine rings is 1. The fourth-order valence-electron chi connectivity index (χ4n) is 3.86. The molecule has 0 atom stereocenters. The number of rotatable bonds is 7. The zero-order chi connectivity index (χ0) is 24.3. The van der Waals surface area contributed by atoms with E-state index in [1.54, 1.807) is 36.9 Å². The first-order chi connectivity index (χ1) is 16.3. The number of nitrogens with one attached hydrogen (secondary N) is 1. The predicted octanol–water partition coefficient (Wildman–Crippen LogP) is 2.16. The molecule has 0 bridgehead atoms. The van der Waals surface area contributed by atoms with Crippen LogP contribution in [0.5, 0.6) is 5.75 Å². The number of sulfonamides is 1. The summed E-state index contributed by atoms with van der Waals surface area (Å²) in [6.45, 7) is 7.11. The van der Waals surface area contributed by atoms with Gasteiger partial charge in [0.05, 0.1) is 23.4 Å². The number of methoxy groups -OCH3 is 1. The van der Waals surface area contributed by atoms with Crippen molar-refractivity contribution in [2.45, 2.75) is 18.7 Å². The molecule has 0 spiro atoms. The Hall–Kier alpha value is -3.28. The lowest BCUT2D eigenvalue weighted by molar-refractivity contribution is 0.102. The van der Waals surface area contributed by atoms with E-state index in [0.717, 1.165) is 25.3 Å². The Bertz CT molecular complexity index is 1260. The summed E-state index contributed by atoms with van der Waals surface area (Å²) >= 11 is 0. The van der Waals surface area contributed by atoms with Gasteiger partial charge in [0.15, 0.2) is 5.69 Å². The zero-order valence-electron chi connectivity index (χ0n) is 19.4. The van der Waals surface area contributed by atoms with Crippen molar-refractivity contribution in [2.75, 3.05) is 45.2 Å². The van der Waals surface area contributed by atoms with E-state index in [2.05, 4.69) is 27.5 Å². The van der Waals surface area contributed by atoms with Gasteiger partial charge in [0.25, 0.3) is 5.91 Å². The van der Waals surface area contributed by atoms with Crippen molar-refractivity contribution in [1.82, 2.24) is 24.2 Å². The number of hydrogen-bond acceptors (Lipinski definition) is 7. The first kappa shape index (κ1) is 23.9. The maximum atomic E-state index is 13.0. The summed E-state index contributed by atoms with van der Waals surface area (Å²) in [5, 5.41) is 10.9. The molecule has 1 aliphatic rings. The lowest BCUT2D eigenvalue weighted by Gasteiger charge is -2.33. The van der Waals surface area contributed by atoms with Gasteiger partial charge in [-0.15, -0.1) is 5.10 Å². The maximum absolute atomic E-state index is 13.0. The second-order valence-electron chi connectivity index (χ2n) is 7.95. The number of hydrogen-bond donors (Lipinski definition) is 1. The molecule has 180 valence electrons. The minimum absolute atomic E-state index is 0.174. The van der Waals surface area contributed by atoms with Crippen LogP contribution in [0.4, 0.5) is 5.69 Å². The SMILES string of the molecule is CCN1CCN(S(=O)(=O)c2ccc(NC(=O)c3nnn(-c4cccc(OC)c4)c3C)cc2)CC1. The van der Waals surface area contributed by atoms with Gasteiger partial charge in [-0.05, 0) is 49.9 Å². The number of carbonyl (C=O) groups is 1. The average Bonchev–Trinajstić information content (AvgIpc) is 3.25. The standard InChI is InChI=1S/C23H28N6O4S/c1-4-27-12-14-28(15-13-27)34(31,32)21-10-8-18(9-11-21)24-23(30)22-17(2)29(26-25-22)19-6-5-7-20(16-19)33-3/h5-11,16H,4,12-15H2,1-3H3,(H,24,30). The molecular weight excluding hydrogens is 456 g/mol. The molecule has 1 N–H and O–H groups in total. The van der Waals surface area contributed by atoms with Crippen molar-refractivity contribution in [1.29, 1.82) is 0 Å². The highest BCUT2D eigenvalue weighted by Gasteiger charge is 2.28. The Balaban J connectivity index is 1.46. The summed E-state index contributed by atoms with van der Waals surface area (Å²) in [5.74, 6) is 0.235. The number of likely N-dealkylation sites (N-methyl/N-ethyl adjacent to an activating group) is 1. The molecule has 1 saturated heterocycles. The quantitative estimate of drug-likeness (QED) is 0.547. The molecule has 3 aromatic rings. The van der Waals surface area contributed by atoms with Crippen molar-refractivity contribution in [3.8, 4) is 11.4 Å². The fraction of sp³-hybridized carbons (Fsp3) is 0.348. The maximum Gasteiger partial charge on any atom is 0.278 e. The van der Waals surface area contributed by atoms with Gasteiger partial charge in [0.1, 0.15) is 5.75 Å². The van der Waals surface area contributed by atoms with Gasteiger partial charge in [-0.25, -0.2) is 13.1 Å². The van der Waals surface area contributed by atoms with Gasteiger partial charge in [0, 0.05) is 37.9 Å². The normalized spacial score (nSPS) is 15.3. The van der Waals surface area contributed by atoms with Crippen LogP contribution in [0.2, 0.25) is 0 Å². The Morgan fingerprint density at radius 1 is 1.09 bits per heavy atom. The summed E-state index contributed by atoms with van der Waals surface area (Å²) in [6.07, 6.45) is 0. The van der Waals surface area contributed by atoms with E-state index in [0.29, 0.717) is 30.2 Å². The van der Waals surface area contributed by atoms with Crippen LogP contribution in [0.1, 0.15) is 23.1 Å². The number of anilines is 1. The number of carbonyl (C=O) groups excluding carboxylic acids is 1. The topological polar surface area (TPSA) is 110 Å². The summed E-state index contributed by atoms with van der Waals surface area (Å²) in [4.78, 5) is 15.2. The molecular formula is C23H28N6O4S. The summed E-state index contributed by atoms with van der Waals surface area (Å²) in [5.41, 5.74) is 1.93. The number of ether oxygens (including phenoxy) is 1. The van der Waals surface area contributed by atoms with Crippen molar-refractivity contribution in [3.05, 3.63) is 59.9 Å². The Kier molecular flexibility index (Phi) is 6.96. The second kappa shape index (κ2) is 9.92. The Morgan fingerprint density at radius 2 is 1.79 bits per heavy atom. The molecule has 34 heavy (non-hydrogen) atoms. The minimum Gasteiger partial charge on any atom is -0.497 e. The monoisotopic (exact) mass is 484 g/mol. The van der Waals surface area contributed by atoms with E-state index in [1.165, 1.54) is 16.4 Å². The highest BCUT2D eigenvalue weighted by Crippen LogP contribution is 2.21. The molecule has 0 radical (unpaired) electrons. The van der Waals surface area contributed by atoms with Gasteiger partial charge in [0.2, 0.25) is 10.0 Å². The van der Waals surface area contributed by atoms with E-state index in [4.69, 9.17) is 4.74 Å². The van der Waals surface area contributed by atoms with E-state index >= 15 is 0 Å². The third kappa shape index (κ3) is 4.81. The second-order valence-corrected chi connectivity index (χ2v) is 9.89. The van der Waals surface area contributed by atoms with E-state index in [-0.39, 0.29) is 10.6 Å². The summed E-state index contributed by atoms with van der Waals surface area (Å²) < 4.78 is 34.2. The molecule has 2 heterocycles. The molecule has 2 aromatic carbocycles. The van der Waals surface area contributed by atoms with Crippen LogP contribution in [-0.4, -0.2) is 78.4 Å². The van der Waals surface area contributed by atoms with Crippen LogP contribution in [0.25, 0.3) is 5.69 Å². The number of benzene rings is 2. The van der Waals surface area contributed by atoms with Crippen molar-refractivity contribution < 1.29 is 17.9 Å². The van der Waals surface area contributed by atoms with Gasteiger partial charge >= 0.3 is 0 Å². The molecule has 0 aliphatic carbocycles. The Labute approximate surface area is 199 Å². The molecule has 0 unspecified atom stereocenters. The molecule has 1 fully saturated rings. The van der Waals surface area contributed by atoms with E-state index in [9.17, 15) is 13.2 Å². The third-order valence-electron chi connectivity index (χ3n) is 5.94. The molecule has 0 saturated carbocycles. The number of nitrogens with zero attached hydrogens (tertiary/aromatic N) is 5. The van der Waals surface area contributed by atoms with Crippen LogP contribution in [0, 0.1) is 6.92 Å². The molecule has 11 heteroatoms. The highest BCUT2D eigenvalue weighted by molar-refractivity contribution is 7.89. The van der Waals surface area contributed by atoms with Gasteiger partial charge in [-0.1, -0.05) is 18.2 Å². The van der Waals surface area contributed by atoms with Crippen LogP contribution in [-0.2, 0) is 10.0 Å². The highest BCUT2D eigenvalue weighted by atomic mass is 32.2. The van der Waals surface area contributed by atoms with Crippen LogP contribution < -0.4 is 10.1 Å². The molecule has 1 aliphatic heterocycles. The minimum atomic E-state index is -3.57. The van der Waals surface area contributed by atoms with Crippen LogP contribution >= 0.6 is 0 Å². The summed E-state index contributed by atoms with van der Waals surface area (Å²) in [7, 11) is -1.99. The molecule has 4 rings (SSSR count). The smallest absolute Gasteiger partial charge is 0.278 e. The average molecular weight is 485 g/mol. The first-order valence-electron chi connectivity index (χ1n) is 11.0. The zero-order valence-corrected chi connectivity index (χ0v) is 20.2. The molecule has 1 aromatic heterocycles. The van der Waals surface area contributed by atoms with E-state index in [1.807, 2.05) is 18.2 Å². The molecule has 10 nitrogen and oxygen atoms in total. The van der Waals surface area contributed by atoms with Gasteiger partial charge in [-0.2, -0.15) is 4.31 Å². The number of aromatic nitrogens is 3. The van der Waals surface area contributed by atoms with E-state index < -0.39 is 15.9 Å². The largest absolute Gasteiger partial charge is 0.497 e. The molecule has 1 amide bonds. The third-order valence-corrected chi connectivity index (χ3v) is 7.85. The van der Waals surface area contributed by atoms with Crippen LogP contribution in [0.15, 0.2) is 53.4 Å². The lowest BCUT2D eigenvalue weighted by Crippen LogP contribution is -2.48. The van der Waals surface area contributed by atoms with Crippen molar-refractivity contribution >= 4 is 21.6 Å².